The topological polar surface area (TPSA) is 121 Å². The average Bonchev–Trinajstić information content (AvgIpc) is 3.39. The molecule has 1 amide bonds. The summed E-state index contributed by atoms with van der Waals surface area (Å²) in [6.07, 6.45) is -2.81. The summed E-state index contributed by atoms with van der Waals surface area (Å²) in [6, 6.07) is 8.58. The second-order valence-corrected chi connectivity index (χ2v) is 9.51. The van der Waals surface area contributed by atoms with E-state index in [1.165, 1.54) is 4.57 Å². The van der Waals surface area contributed by atoms with Gasteiger partial charge in [0.1, 0.15) is 11.6 Å². The minimum absolute atomic E-state index is 0.00212. The first kappa shape index (κ1) is 28.1. The van der Waals surface area contributed by atoms with E-state index in [4.69, 9.17) is 14.6 Å². The van der Waals surface area contributed by atoms with Crippen LogP contribution in [0.1, 0.15) is 12.2 Å². The van der Waals surface area contributed by atoms with Crippen molar-refractivity contribution < 1.29 is 28.2 Å². The predicted molar refractivity (Wildman–Crippen MR) is 144 cm³/mol. The van der Waals surface area contributed by atoms with Crippen molar-refractivity contribution in [3.05, 3.63) is 36.2 Å². The van der Waals surface area contributed by atoms with E-state index in [-0.39, 0.29) is 30.8 Å². The Hall–Kier alpha value is -3.46. The largest absolute Gasteiger partial charge is 0.394 e. The van der Waals surface area contributed by atoms with Crippen LogP contribution in [0.5, 0.6) is 0 Å². The number of nitrogens with one attached hydrogen (secondary N) is 1. The molecule has 1 aromatic carbocycles. The normalized spacial score (nSPS) is 16.7. The first-order chi connectivity index (χ1) is 19.5. The van der Waals surface area contributed by atoms with Crippen molar-refractivity contribution in [1.29, 1.82) is 0 Å². The summed E-state index contributed by atoms with van der Waals surface area (Å²) in [6.45, 7) is 6.43. The van der Waals surface area contributed by atoms with Crippen molar-refractivity contribution in [2.75, 3.05) is 95.6 Å². The molecular weight excluding hydrogens is 526 g/mol. The van der Waals surface area contributed by atoms with Gasteiger partial charge < -0.3 is 29.7 Å². The lowest BCUT2D eigenvalue weighted by Crippen LogP contribution is -2.50. The quantitative estimate of drug-likeness (QED) is 0.331. The Morgan fingerprint density at radius 3 is 2.52 bits per heavy atom. The molecule has 12 nitrogen and oxygen atoms in total. The Kier molecular flexibility index (Phi) is 9.31. The van der Waals surface area contributed by atoms with E-state index >= 15 is 0 Å². The zero-order valence-corrected chi connectivity index (χ0v) is 22.2. The Balaban J connectivity index is 1.32. The van der Waals surface area contributed by atoms with E-state index in [9.17, 15) is 13.6 Å². The lowest BCUT2D eigenvalue weighted by molar-refractivity contribution is -0.131. The Bertz CT molecular complexity index is 1280. The number of hydrogen-bond donors (Lipinski definition) is 2. The van der Waals surface area contributed by atoms with E-state index in [0.29, 0.717) is 69.5 Å². The van der Waals surface area contributed by atoms with Crippen LogP contribution in [0.15, 0.2) is 30.3 Å². The van der Waals surface area contributed by atoms with Gasteiger partial charge in [0.15, 0.2) is 5.82 Å². The number of morpholine rings is 1. The van der Waals surface area contributed by atoms with Crippen molar-refractivity contribution in [2.24, 2.45) is 0 Å². The molecule has 0 aliphatic carbocycles. The summed E-state index contributed by atoms with van der Waals surface area (Å²) in [7, 11) is 0. The van der Waals surface area contributed by atoms with Crippen LogP contribution in [0, 0.1) is 0 Å². The second-order valence-electron chi connectivity index (χ2n) is 9.51. The molecular formula is C26H34F2N8O4. The molecule has 0 saturated carbocycles. The number of piperazine rings is 1. The molecule has 2 aliphatic rings. The van der Waals surface area contributed by atoms with E-state index in [1.807, 2.05) is 4.90 Å². The number of aromatic nitrogens is 4. The predicted octanol–water partition coefficient (Wildman–Crippen LogP) is 1.15. The molecule has 40 heavy (non-hydrogen) atoms. The molecule has 14 heteroatoms. The molecule has 216 valence electrons. The van der Waals surface area contributed by atoms with Crippen molar-refractivity contribution in [3.8, 4) is 5.82 Å². The molecule has 5 rings (SSSR count). The average molecular weight is 561 g/mol. The van der Waals surface area contributed by atoms with Gasteiger partial charge in [0.2, 0.25) is 11.9 Å². The summed E-state index contributed by atoms with van der Waals surface area (Å²) in [4.78, 5) is 32.3. The third-order valence-corrected chi connectivity index (χ3v) is 6.96. The van der Waals surface area contributed by atoms with Crippen molar-refractivity contribution >= 4 is 28.7 Å². The molecule has 2 N–H and O–H groups in total. The lowest BCUT2D eigenvalue weighted by atomic mass is 10.3. The number of para-hydroxylation sites is 2. The number of carbonyl (C=O) groups is 1. The number of ether oxygens (including phenoxy) is 2. The number of aliphatic hydroxyl groups is 1. The van der Waals surface area contributed by atoms with Gasteiger partial charge in [0.05, 0.1) is 50.6 Å². The minimum atomic E-state index is -2.81. The number of halogens is 2. The second kappa shape index (κ2) is 13.3. The van der Waals surface area contributed by atoms with E-state index < -0.39 is 12.2 Å². The minimum Gasteiger partial charge on any atom is -0.394 e. The van der Waals surface area contributed by atoms with E-state index in [2.05, 4.69) is 25.2 Å². The highest BCUT2D eigenvalue weighted by atomic mass is 19.3. The number of carbonyl (C=O) groups excluding carboxylic acids is 1. The van der Waals surface area contributed by atoms with Crippen molar-refractivity contribution in [1.82, 2.24) is 29.3 Å². The molecule has 3 aromatic rings. The van der Waals surface area contributed by atoms with Gasteiger partial charge in [-0.1, -0.05) is 12.1 Å². The van der Waals surface area contributed by atoms with Gasteiger partial charge >= 0.3 is 0 Å². The fourth-order valence-electron chi connectivity index (χ4n) is 4.85. The number of aliphatic hydroxyl groups excluding tert-OH is 1. The van der Waals surface area contributed by atoms with Crippen LogP contribution in [0.4, 0.5) is 20.5 Å². The van der Waals surface area contributed by atoms with E-state index in [1.54, 1.807) is 35.2 Å². The van der Waals surface area contributed by atoms with Gasteiger partial charge in [0.25, 0.3) is 6.43 Å². The number of benzene rings is 1. The summed E-state index contributed by atoms with van der Waals surface area (Å²) in [5.74, 6) is 0.463. The highest BCUT2D eigenvalue weighted by molar-refractivity contribution is 5.81. The standard InChI is InChI=1S/C26H34F2N8O4/c27-24(28)25-30-19-3-1-2-4-20(19)36(25)22-17-21(34-10-14-39-15-11-34)31-26(32-22)29-18-23(38)35-7-5-33(6-8-35)9-13-40-16-12-37/h1-4,17,24,37H,5-16,18H2,(H,29,31,32). The number of imidazole rings is 1. The lowest BCUT2D eigenvalue weighted by Gasteiger charge is -2.34. The van der Waals surface area contributed by atoms with Gasteiger partial charge in [-0.2, -0.15) is 9.97 Å². The zero-order chi connectivity index (χ0) is 27.9. The molecule has 0 atom stereocenters. The number of amides is 1. The molecule has 2 aliphatic heterocycles. The van der Waals surface area contributed by atoms with Crippen LogP contribution < -0.4 is 10.2 Å². The number of hydrogen-bond acceptors (Lipinski definition) is 10. The molecule has 0 unspecified atom stereocenters. The van der Waals surface area contributed by atoms with E-state index in [0.717, 1.165) is 19.6 Å². The fraction of sp³-hybridized carbons (Fsp3) is 0.538. The summed E-state index contributed by atoms with van der Waals surface area (Å²) in [5, 5.41) is 11.8. The molecule has 2 saturated heterocycles. The van der Waals surface area contributed by atoms with Crippen LogP contribution in [-0.2, 0) is 14.3 Å². The van der Waals surface area contributed by atoms with Crippen molar-refractivity contribution in [2.45, 2.75) is 6.43 Å². The number of alkyl halides is 2. The van der Waals surface area contributed by atoms with Crippen LogP contribution >= 0.6 is 0 Å². The van der Waals surface area contributed by atoms with Gasteiger partial charge in [0, 0.05) is 51.9 Å². The Labute approximate surface area is 230 Å². The molecule has 0 bridgehead atoms. The Morgan fingerprint density at radius 1 is 1.02 bits per heavy atom. The number of fused-ring (bicyclic) bond motifs is 1. The maximum atomic E-state index is 14.1. The molecule has 0 radical (unpaired) electrons. The first-order valence-electron chi connectivity index (χ1n) is 13.4. The zero-order valence-electron chi connectivity index (χ0n) is 22.2. The van der Waals surface area contributed by atoms with Crippen LogP contribution in [0.3, 0.4) is 0 Å². The molecule has 4 heterocycles. The highest BCUT2D eigenvalue weighted by Crippen LogP contribution is 2.29. The number of rotatable bonds is 11. The van der Waals surface area contributed by atoms with Crippen LogP contribution in [0.25, 0.3) is 16.9 Å². The number of nitrogens with zero attached hydrogens (tertiary/aromatic N) is 7. The Morgan fingerprint density at radius 2 is 1.77 bits per heavy atom. The molecule has 0 spiro atoms. The van der Waals surface area contributed by atoms with Gasteiger partial charge in [-0.15, -0.1) is 0 Å². The smallest absolute Gasteiger partial charge is 0.296 e. The van der Waals surface area contributed by atoms with Crippen molar-refractivity contribution in [3.63, 3.8) is 0 Å². The van der Waals surface area contributed by atoms with Gasteiger partial charge in [-0.05, 0) is 12.1 Å². The number of anilines is 2. The summed E-state index contributed by atoms with van der Waals surface area (Å²) < 4.78 is 40.3. The molecule has 2 aromatic heterocycles. The third kappa shape index (κ3) is 6.63. The summed E-state index contributed by atoms with van der Waals surface area (Å²) in [5.41, 5.74) is 0.944. The fourth-order valence-corrected chi connectivity index (χ4v) is 4.85. The van der Waals surface area contributed by atoms with Crippen LogP contribution in [-0.4, -0.2) is 126 Å². The maximum absolute atomic E-state index is 14.1. The third-order valence-electron chi connectivity index (χ3n) is 6.96. The van der Waals surface area contributed by atoms with Gasteiger partial charge in [-0.25, -0.2) is 13.8 Å². The van der Waals surface area contributed by atoms with Gasteiger partial charge in [-0.3, -0.25) is 14.3 Å². The first-order valence-corrected chi connectivity index (χ1v) is 13.4. The highest BCUT2D eigenvalue weighted by Gasteiger charge is 2.24. The molecule has 2 fully saturated rings. The maximum Gasteiger partial charge on any atom is 0.296 e. The summed E-state index contributed by atoms with van der Waals surface area (Å²) >= 11 is 0. The monoisotopic (exact) mass is 560 g/mol. The van der Waals surface area contributed by atoms with Crippen LogP contribution in [0.2, 0.25) is 0 Å². The SMILES string of the molecule is O=C(CNc1nc(N2CCOCC2)cc(-n2c(C(F)F)nc3ccccc32)n1)N1CCN(CCOCCO)CC1.